The summed E-state index contributed by atoms with van der Waals surface area (Å²) in [5.74, 6) is 0.0187. The smallest absolute Gasteiger partial charge is 0.220 e. The number of hydrogen-bond donors (Lipinski definition) is 1. The lowest BCUT2D eigenvalue weighted by Gasteiger charge is -2.16. The van der Waals surface area contributed by atoms with E-state index in [0.29, 0.717) is 32.0 Å². The summed E-state index contributed by atoms with van der Waals surface area (Å²) >= 11 is 0. The van der Waals surface area contributed by atoms with Crippen molar-refractivity contribution in [3.8, 4) is 0 Å². The van der Waals surface area contributed by atoms with Crippen LogP contribution >= 0.6 is 0 Å². The van der Waals surface area contributed by atoms with Crippen LogP contribution in [0.15, 0.2) is 24.4 Å². The normalized spacial score (nSPS) is 13.8. The molecule has 0 radical (unpaired) electrons. The zero-order valence-corrected chi connectivity index (χ0v) is 14.3. The first-order chi connectivity index (χ1) is 11.6. The van der Waals surface area contributed by atoms with Crippen LogP contribution in [-0.4, -0.2) is 27.3 Å². The molecule has 1 aliphatic heterocycles. The van der Waals surface area contributed by atoms with Crippen molar-refractivity contribution in [2.45, 2.75) is 52.3 Å². The minimum Gasteiger partial charge on any atom is -0.376 e. The Labute approximate surface area is 142 Å². The van der Waals surface area contributed by atoms with E-state index < -0.39 is 0 Å². The van der Waals surface area contributed by atoms with Crippen LogP contribution in [0.4, 0.5) is 0 Å². The number of nitrogens with one attached hydrogen (secondary N) is 1. The van der Waals surface area contributed by atoms with Crippen LogP contribution in [0.5, 0.6) is 0 Å². The SMILES string of the molecule is CC(C)n1nc(CCC(=O)NCc2ccccn2)c2c1CCOC2. The number of aromatic nitrogens is 3. The van der Waals surface area contributed by atoms with Crippen molar-refractivity contribution in [1.29, 1.82) is 0 Å². The summed E-state index contributed by atoms with van der Waals surface area (Å²) in [5.41, 5.74) is 4.29. The number of ether oxygens (including phenoxy) is 1. The molecule has 0 spiro atoms. The fourth-order valence-corrected chi connectivity index (χ4v) is 2.97. The Balaban J connectivity index is 1.59. The van der Waals surface area contributed by atoms with Gasteiger partial charge in [-0.3, -0.25) is 14.5 Å². The molecule has 6 heteroatoms. The second-order valence-corrected chi connectivity index (χ2v) is 6.31. The van der Waals surface area contributed by atoms with Crippen LogP contribution in [0.25, 0.3) is 0 Å². The van der Waals surface area contributed by atoms with Crippen LogP contribution in [0.3, 0.4) is 0 Å². The molecule has 128 valence electrons. The lowest BCUT2D eigenvalue weighted by Crippen LogP contribution is -2.23. The van der Waals surface area contributed by atoms with Crippen molar-refractivity contribution in [3.63, 3.8) is 0 Å². The standard InChI is InChI=1S/C18H24N4O2/c1-13(2)22-17-8-10-24-12-15(17)16(21-22)6-7-18(23)20-11-14-5-3-4-9-19-14/h3-5,9,13H,6-8,10-12H2,1-2H3,(H,20,23). The molecule has 6 nitrogen and oxygen atoms in total. The lowest BCUT2D eigenvalue weighted by molar-refractivity contribution is -0.121. The molecule has 0 bridgehead atoms. The average molecular weight is 328 g/mol. The molecule has 0 unspecified atom stereocenters. The predicted molar refractivity (Wildman–Crippen MR) is 90.4 cm³/mol. The van der Waals surface area contributed by atoms with Crippen molar-refractivity contribution in [2.75, 3.05) is 6.61 Å². The molecule has 24 heavy (non-hydrogen) atoms. The number of hydrogen-bond acceptors (Lipinski definition) is 4. The number of nitrogens with zero attached hydrogens (tertiary/aromatic N) is 3. The third kappa shape index (κ3) is 3.82. The van der Waals surface area contributed by atoms with E-state index in [4.69, 9.17) is 9.84 Å². The van der Waals surface area contributed by atoms with E-state index in [0.717, 1.165) is 24.4 Å². The molecule has 0 atom stereocenters. The van der Waals surface area contributed by atoms with E-state index in [1.165, 1.54) is 11.3 Å². The molecule has 0 aliphatic carbocycles. The van der Waals surface area contributed by atoms with Gasteiger partial charge < -0.3 is 10.1 Å². The third-order valence-electron chi connectivity index (χ3n) is 4.20. The van der Waals surface area contributed by atoms with Crippen LogP contribution in [-0.2, 0) is 35.5 Å². The number of carbonyl (C=O) groups is 1. The van der Waals surface area contributed by atoms with Gasteiger partial charge in [0.05, 0.1) is 31.1 Å². The van der Waals surface area contributed by atoms with E-state index in [1.54, 1.807) is 6.20 Å². The molecule has 1 amide bonds. The van der Waals surface area contributed by atoms with Crippen molar-refractivity contribution in [3.05, 3.63) is 47.0 Å². The van der Waals surface area contributed by atoms with E-state index >= 15 is 0 Å². The van der Waals surface area contributed by atoms with Gasteiger partial charge >= 0.3 is 0 Å². The van der Waals surface area contributed by atoms with Gasteiger partial charge in [0.15, 0.2) is 0 Å². The topological polar surface area (TPSA) is 69.0 Å². The Morgan fingerprint density at radius 2 is 2.29 bits per heavy atom. The highest BCUT2D eigenvalue weighted by molar-refractivity contribution is 5.76. The molecule has 1 aliphatic rings. The number of carbonyl (C=O) groups excluding carboxylic acids is 1. The number of pyridine rings is 1. The van der Waals surface area contributed by atoms with E-state index in [-0.39, 0.29) is 5.91 Å². The molecular weight excluding hydrogens is 304 g/mol. The molecule has 2 aromatic heterocycles. The number of fused-ring (bicyclic) bond motifs is 1. The molecule has 2 aromatic rings. The highest BCUT2D eigenvalue weighted by Gasteiger charge is 2.22. The molecule has 0 saturated heterocycles. The molecule has 0 fully saturated rings. The van der Waals surface area contributed by atoms with Gasteiger partial charge in [0, 0.05) is 42.8 Å². The molecule has 0 saturated carbocycles. The second kappa shape index (κ2) is 7.57. The number of aryl methyl sites for hydroxylation is 1. The van der Waals surface area contributed by atoms with Crippen molar-refractivity contribution in [2.24, 2.45) is 0 Å². The van der Waals surface area contributed by atoms with Crippen LogP contribution in [0.2, 0.25) is 0 Å². The zero-order chi connectivity index (χ0) is 16.9. The second-order valence-electron chi connectivity index (χ2n) is 6.31. The summed E-state index contributed by atoms with van der Waals surface area (Å²) in [7, 11) is 0. The Kier molecular flexibility index (Phi) is 5.25. The monoisotopic (exact) mass is 328 g/mol. The van der Waals surface area contributed by atoms with Crippen LogP contribution < -0.4 is 5.32 Å². The predicted octanol–water partition coefficient (Wildman–Crippen LogP) is 2.18. The van der Waals surface area contributed by atoms with Gasteiger partial charge in [0.2, 0.25) is 5.91 Å². The molecule has 3 heterocycles. The van der Waals surface area contributed by atoms with Gasteiger partial charge in [0.1, 0.15) is 0 Å². The van der Waals surface area contributed by atoms with Crippen molar-refractivity contribution in [1.82, 2.24) is 20.1 Å². The first-order valence-electron chi connectivity index (χ1n) is 8.48. The fraction of sp³-hybridized carbons (Fsp3) is 0.500. The summed E-state index contributed by atoms with van der Waals surface area (Å²) in [6.07, 6.45) is 3.69. The minimum absolute atomic E-state index is 0.0187. The first-order valence-corrected chi connectivity index (χ1v) is 8.48. The third-order valence-corrected chi connectivity index (χ3v) is 4.20. The Morgan fingerprint density at radius 1 is 1.42 bits per heavy atom. The quantitative estimate of drug-likeness (QED) is 0.882. The van der Waals surface area contributed by atoms with Gasteiger partial charge in [-0.05, 0) is 26.0 Å². The summed E-state index contributed by atoms with van der Waals surface area (Å²) in [6, 6.07) is 6.00. The minimum atomic E-state index is 0.0187. The maximum Gasteiger partial charge on any atom is 0.220 e. The summed E-state index contributed by atoms with van der Waals surface area (Å²) in [6.45, 7) is 6.07. The average Bonchev–Trinajstić information content (AvgIpc) is 2.98. The largest absolute Gasteiger partial charge is 0.376 e. The lowest BCUT2D eigenvalue weighted by atomic mass is 10.1. The highest BCUT2D eigenvalue weighted by atomic mass is 16.5. The Hall–Kier alpha value is -2.21. The molecule has 1 N–H and O–H groups in total. The molecule has 3 rings (SSSR count). The van der Waals surface area contributed by atoms with Crippen LogP contribution in [0.1, 0.15) is 49.0 Å². The van der Waals surface area contributed by atoms with E-state index in [9.17, 15) is 4.79 Å². The molecular formula is C18H24N4O2. The summed E-state index contributed by atoms with van der Waals surface area (Å²) < 4.78 is 7.66. The van der Waals surface area contributed by atoms with E-state index in [1.807, 2.05) is 18.2 Å². The number of rotatable bonds is 6. The highest BCUT2D eigenvalue weighted by Crippen LogP contribution is 2.24. The van der Waals surface area contributed by atoms with E-state index in [2.05, 4.69) is 28.8 Å². The number of amides is 1. The van der Waals surface area contributed by atoms with Gasteiger partial charge in [-0.2, -0.15) is 5.10 Å². The maximum absolute atomic E-state index is 12.1. The van der Waals surface area contributed by atoms with Crippen LogP contribution in [0, 0.1) is 0 Å². The Morgan fingerprint density at radius 3 is 3.04 bits per heavy atom. The summed E-state index contributed by atoms with van der Waals surface area (Å²) in [5, 5.41) is 7.64. The van der Waals surface area contributed by atoms with Gasteiger partial charge in [-0.1, -0.05) is 6.07 Å². The Bertz CT molecular complexity index is 695. The van der Waals surface area contributed by atoms with Crippen molar-refractivity contribution >= 4 is 5.91 Å². The van der Waals surface area contributed by atoms with Gasteiger partial charge in [-0.25, -0.2) is 0 Å². The zero-order valence-electron chi connectivity index (χ0n) is 14.3. The summed E-state index contributed by atoms with van der Waals surface area (Å²) in [4.78, 5) is 16.3. The molecule has 0 aromatic carbocycles. The first kappa shape index (κ1) is 16.6. The van der Waals surface area contributed by atoms with Crippen molar-refractivity contribution < 1.29 is 9.53 Å². The van der Waals surface area contributed by atoms with Gasteiger partial charge in [-0.15, -0.1) is 0 Å². The fourth-order valence-electron chi connectivity index (χ4n) is 2.97. The van der Waals surface area contributed by atoms with Gasteiger partial charge in [0.25, 0.3) is 0 Å². The maximum atomic E-state index is 12.1.